The number of anilines is 1. The van der Waals surface area contributed by atoms with Gasteiger partial charge in [-0.15, -0.1) is 0 Å². The van der Waals surface area contributed by atoms with Crippen LogP contribution in [0.4, 0.5) is 5.13 Å². The third kappa shape index (κ3) is 2.67. The average Bonchev–Trinajstić information content (AvgIpc) is 2.90. The number of rotatable bonds is 4. The van der Waals surface area contributed by atoms with Gasteiger partial charge in [-0.1, -0.05) is 16.5 Å². The summed E-state index contributed by atoms with van der Waals surface area (Å²) in [5.74, 6) is -1.21. The van der Waals surface area contributed by atoms with Gasteiger partial charge in [0, 0.05) is 24.4 Å². The minimum Gasteiger partial charge on any atom is -0.477 e. The normalized spacial score (nSPS) is 18.5. The summed E-state index contributed by atoms with van der Waals surface area (Å²) in [6.07, 6.45) is 0.292. The summed E-state index contributed by atoms with van der Waals surface area (Å²) < 4.78 is 0. The molecule has 1 aliphatic heterocycles. The van der Waals surface area contributed by atoms with Crippen LogP contribution in [0.3, 0.4) is 0 Å². The smallest absolute Gasteiger partial charge is 0.347 e. The number of hydrogen-bond donors (Lipinski definition) is 1. The number of thiazole rings is 1. The van der Waals surface area contributed by atoms with Gasteiger partial charge in [-0.3, -0.25) is 9.69 Å². The molecule has 2 heterocycles. The highest BCUT2D eigenvalue weighted by Crippen LogP contribution is 2.31. The Morgan fingerprint density at radius 1 is 1.74 bits per heavy atom. The molecule has 1 N–H and O–H groups in total. The quantitative estimate of drug-likeness (QED) is 0.514. The second-order valence-corrected chi connectivity index (χ2v) is 5.18. The number of aromatic nitrogens is 1. The fourth-order valence-corrected chi connectivity index (χ4v) is 2.87. The van der Waals surface area contributed by atoms with Crippen molar-refractivity contribution in [2.45, 2.75) is 13.3 Å². The fraction of sp³-hybridized carbons (Fsp3) is 0.500. The van der Waals surface area contributed by atoms with Crippen molar-refractivity contribution in [3.63, 3.8) is 0 Å². The van der Waals surface area contributed by atoms with Crippen molar-refractivity contribution in [3.8, 4) is 0 Å². The van der Waals surface area contributed by atoms with Gasteiger partial charge in [0.25, 0.3) is 0 Å². The van der Waals surface area contributed by atoms with Crippen molar-refractivity contribution in [2.75, 3.05) is 18.0 Å². The van der Waals surface area contributed by atoms with Crippen LogP contribution in [0.25, 0.3) is 10.4 Å². The van der Waals surface area contributed by atoms with Crippen LogP contribution >= 0.6 is 11.3 Å². The Morgan fingerprint density at radius 3 is 3.05 bits per heavy atom. The Bertz CT molecular complexity index is 578. The maximum Gasteiger partial charge on any atom is 0.347 e. The number of amides is 1. The molecule has 0 aromatic carbocycles. The second kappa shape index (κ2) is 5.25. The number of carboxylic acids is 1. The lowest BCUT2D eigenvalue weighted by Gasteiger charge is -2.11. The number of hydrogen-bond acceptors (Lipinski definition) is 5. The lowest BCUT2D eigenvalue weighted by Crippen LogP contribution is -2.24. The standard InChI is InChI=1S/C10H11N5O3S/c1-5-8(9(17)18)19-10(13-5)15-4-6(2-7(15)16)3-12-14-11/h6H,2-4H2,1H3,(H,17,18). The van der Waals surface area contributed by atoms with Crippen molar-refractivity contribution in [1.29, 1.82) is 0 Å². The van der Waals surface area contributed by atoms with E-state index in [2.05, 4.69) is 15.0 Å². The first-order chi connectivity index (χ1) is 9.02. The number of carbonyl (C=O) groups excluding carboxylic acids is 1. The molecule has 100 valence electrons. The molecule has 1 saturated heterocycles. The molecule has 19 heavy (non-hydrogen) atoms. The van der Waals surface area contributed by atoms with Crippen LogP contribution < -0.4 is 4.90 Å². The van der Waals surface area contributed by atoms with Crippen LogP contribution in [-0.2, 0) is 4.79 Å². The molecule has 0 bridgehead atoms. The third-order valence-electron chi connectivity index (χ3n) is 2.82. The van der Waals surface area contributed by atoms with E-state index in [9.17, 15) is 9.59 Å². The summed E-state index contributed by atoms with van der Waals surface area (Å²) in [5.41, 5.74) is 8.66. The highest BCUT2D eigenvalue weighted by Gasteiger charge is 2.32. The SMILES string of the molecule is Cc1nc(N2CC(CN=[N+]=[N-])CC2=O)sc1C(=O)O. The maximum atomic E-state index is 11.8. The highest BCUT2D eigenvalue weighted by molar-refractivity contribution is 7.17. The zero-order valence-corrected chi connectivity index (χ0v) is 10.9. The minimum absolute atomic E-state index is 0.0408. The van der Waals surface area contributed by atoms with Crippen molar-refractivity contribution in [3.05, 3.63) is 21.0 Å². The fourth-order valence-electron chi connectivity index (χ4n) is 1.94. The molecule has 1 fully saturated rings. The van der Waals surface area contributed by atoms with Crippen molar-refractivity contribution < 1.29 is 14.7 Å². The summed E-state index contributed by atoms with van der Waals surface area (Å²) in [4.78, 5) is 31.2. The molecule has 2 rings (SSSR count). The molecule has 1 aromatic rings. The topological polar surface area (TPSA) is 119 Å². The molecule has 9 heteroatoms. The van der Waals surface area contributed by atoms with Crippen LogP contribution in [0.2, 0.25) is 0 Å². The molecule has 1 aromatic heterocycles. The van der Waals surface area contributed by atoms with Crippen LogP contribution in [0.5, 0.6) is 0 Å². The lowest BCUT2D eigenvalue weighted by molar-refractivity contribution is -0.117. The molecule has 8 nitrogen and oxygen atoms in total. The molecule has 0 aliphatic carbocycles. The second-order valence-electron chi connectivity index (χ2n) is 4.20. The van der Waals surface area contributed by atoms with Gasteiger partial charge in [-0.05, 0) is 18.4 Å². The van der Waals surface area contributed by atoms with Gasteiger partial charge in [0.1, 0.15) is 4.88 Å². The Kier molecular flexibility index (Phi) is 3.68. The highest BCUT2D eigenvalue weighted by atomic mass is 32.1. The summed E-state index contributed by atoms with van der Waals surface area (Å²) in [6, 6.07) is 0. The van der Waals surface area contributed by atoms with E-state index in [1.54, 1.807) is 6.92 Å². The molecule has 1 unspecified atom stereocenters. The zero-order valence-electron chi connectivity index (χ0n) is 10.1. The van der Waals surface area contributed by atoms with Gasteiger partial charge in [0.15, 0.2) is 5.13 Å². The number of aryl methyl sites for hydroxylation is 1. The molecular weight excluding hydrogens is 270 g/mol. The maximum absolute atomic E-state index is 11.8. The van der Waals surface area contributed by atoms with Crippen molar-refractivity contribution in [2.24, 2.45) is 11.0 Å². The Hall–Kier alpha value is -2.12. The van der Waals surface area contributed by atoms with E-state index in [1.807, 2.05) is 0 Å². The first-order valence-corrected chi connectivity index (χ1v) is 6.36. The molecule has 0 radical (unpaired) electrons. The number of azide groups is 1. The van der Waals surface area contributed by atoms with E-state index in [0.717, 1.165) is 11.3 Å². The van der Waals surface area contributed by atoms with Crippen molar-refractivity contribution >= 4 is 28.3 Å². The van der Waals surface area contributed by atoms with E-state index in [4.69, 9.17) is 10.6 Å². The van der Waals surface area contributed by atoms with Crippen molar-refractivity contribution in [1.82, 2.24) is 4.98 Å². The zero-order chi connectivity index (χ0) is 14.0. The molecule has 1 aliphatic rings. The molecular formula is C10H11N5O3S. The largest absolute Gasteiger partial charge is 0.477 e. The summed E-state index contributed by atoms with van der Waals surface area (Å²) in [5, 5.41) is 12.8. The van der Waals surface area contributed by atoms with Gasteiger partial charge in [0.2, 0.25) is 5.91 Å². The van der Waals surface area contributed by atoms with Gasteiger partial charge in [0.05, 0.1) is 5.69 Å². The number of nitrogens with zero attached hydrogens (tertiary/aromatic N) is 5. The Labute approximate surface area is 112 Å². The Balaban J connectivity index is 2.18. The number of aromatic carboxylic acids is 1. The van der Waals surface area contributed by atoms with Crippen LogP contribution in [0.15, 0.2) is 5.11 Å². The molecule has 0 spiro atoms. The van der Waals surface area contributed by atoms with E-state index in [0.29, 0.717) is 23.8 Å². The summed E-state index contributed by atoms with van der Waals surface area (Å²) in [6.45, 7) is 2.26. The van der Waals surface area contributed by atoms with E-state index in [1.165, 1.54) is 4.90 Å². The van der Waals surface area contributed by atoms with Gasteiger partial charge in [-0.2, -0.15) is 0 Å². The predicted molar refractivity (Wildman–Crippen MR) is 68.3 cm³/mol. The first kappa shape index (κ1) is 13.3. The monoisotopic (exact) mass is 281 g/mol. The summed E-state index contributed by atoms with van der Waals surface area (Å²) >= 11 is 0.986. The van der Waals surface area contributed by atoms with Crippen LogP contribution in [-0.4, -0.2) is 35.1 Å². The number of carboxylic acid groups (broad SMARTS) is 1. The molecule has 0 saturated carbocycles. The third-order valence-corrected chi connectivity index (χ3v) is 3.99. The average molecular weight is 281 g/mol. The molecule has 1 amide bonds. The first-order valence-electron chi connectivity index (χ1n) is 5.55. The number of carbonyl (C=O) groups is 2. The van der Waals surface area contributed by atoms with Gasteiger partial charge < -0.3 is 5.11 Å². The van der Waals surface area contributed by atoms with Gasteiger partial charge >= 0.3 is 5.97 Å². The summed E-state index contributed by atoms with van der Waals surface area (Å²) in [7, 11) is 0. The van der Waals surface area contributed by atoms with Gasteiger partial charge in [-0.25, -0.2) is 9.78 Å². The van der Waals surface area contributed by atoms with E-state index < -0.39 is 5.97 Å². The minimum atomic E-state index is -1.04. The lowest BCUT2D eigenvalue weighted by atomic mass is 10.1. The Morgan fingerprint density at radius 2 is 2.47 bits per heavy atom. The van der Waals surface area contributed by atoms with E-state index in [-0.39, 0.29) is 23.2 Å². The van der Waals surface area contributed by atoms with E-state index >= 15 is 0 Å². The molecule has 1 atom stereocenters. The van der Waals surface area contributed by atoms with Crippen LogP contribution in [0, 0.1) is 12.8 Å². The van der Waals surface area contributed by atoms with Crippen LogP contribution in [0.1, 0.15) is 21.8 Å². The predicted octanol–water partition coefficient (Wildman–Crippen LogP) is 1.81.